The molecule has 0 aliphatic heterocycles. The van der Waals surface area contributed by atoms with Gasteiger partial charge in [-0.1, -0.05) is 30.3 Å². The number of carbonyl (C=O) groups is 4. The zero-order chi connectivity index (χ0) is 26.4. The van der Waals surface area contributed by atoms with Gasteiger partial charge in [-0.25, -0.2) is 4.79 Å². The minimum absolute atomic E-state index is 0.0565. The van der Waals surface area contributed by atoms with E-state index >= 15 is 0 Å². The van der Waals surface area contributed by atoms with E-state index in [1.54, 1.807) is 0 Å². The number of carbonyl (C=O) groups excluding carboxylic acids is 3. The first-order valence-corrected chi connectivity index (χ1v) is 12.1. The Hall–Kier alpha value is -2.97. The zero-order valence-electron chi connectivity index (χ0n) is 19.1. The summed E-state index contributed by atoms with van der Waals surface area (Å²) in [6, 6.07) is 4.82. The second kappa shape index (κ2) is 15.8. The lowest BCUT2D eigenvalue weighted by molar-refractivity contribution is -0.142. The van der Waals surface area contributed by atoms with Crippen molar-refractivity contribution in [3.63, 3.8) is 0 Å². The van der Waals surface area contributed by atoms with Crippen LogP contribution in [0.3, 0.4) is 0 Å². The summed E-state index contributed by atoms with van der Waals surface area (Å²) in [6.07, 6.45) is 0.652. The number of carboxylic acid groups (broad SMARTS) is 1. The number of guanidine groups is 1. The Morgan fingerprint density at radius 1 is 0.886 bits per heavy atom. The van der Waals surface area contributed by atoms with E-state index in [-0.39, 0.29) is 36.9 Å². The lowest BCUT2D eigenvalue weighted by Crippen LogP contribution is -2.58. The molecule has 35 heavy (non-hydrogen) atoms. The Kier molecular flexibility index (Phi) is 13.6. The molecule has 1 rings (SSSR count). The second-order valence-electron chi connectivity index (χ2n) is 7.63. The van der Waals surface area contributed by atoms with Gasteiger partial charge in [-0.15, -0.1) is 0 Å². The third-order valence-electron chi connectivity index (χ3n) is 4.83. The van der Waals surface area contributed by atoms with Gasteiger partial charge in [0, 0.05) is 18.1 Å². The van der Waals surface area contributed by atoms with Gasteiger partial charge in [0.25, 0.3) is 0 Å². The Bertz CT molecular complexity index is 884. The van der Waals surface area contributed by atoms with Gasteiger partial charge < -0.3 is 38.3 Å². The number of nitrogens with zero attached hydrogens (tertiary/aromatic N) is 1. The third kappa shape index (κ3) is 11.3. The van der Waals surface area contributed by atoms with Crippen LogP contribution < -0.4 is 33.2 Å². The van der Waals surface area contributed by atoms with Gasteiger partial charge in [0.05, 0.1) is 6.04 Å². The summed E-state index contributed by atoms with van der Waals surface area (Å²) in [5, 5.41) is 16.7. The lowest BCUT2D eigenvalue weighted by Gasteiger charge is -2.23. The maximum absolute atomic E-state index is 12.7. The molecule has 0 aliphatic rings. The van der Waals surface area contributed by atoms with Gasteiger partial charge in [-0.2, -0.15) is 25.3 Å². The number of nitrogens with one attached hydrogen (secondary N) is 3. The third-order valence-corrected chi connectivity index (χ3v) is 5.56. The molecule has 14 heteroatoms. The molecule has 12 nitrogen and oxygen atoms in total. The van der Waals surface area contributed by atoms with Gasteiger partial charge in [-0.05, 0) is 24.8 Å². The summed E-state index contributed by atoms with van der Waals surface area (Å²) >= 11 is 8.18. The fraction of sp³-hybridized carbons (Fsp3) is 0.476. The van der Waals surface area contributed by atoms with E-state index in [0.29, 0.717) is 6.42 Å². The summed E-state index contributed by atoms with van der Waals surface area (Å²) in [5.41, 5.74) is 17.3. The van der Waals surface area contributed by atoms with Crippen molar-refractivity contribution in [1.82, 2.24) is 16.0 Å². The molecule has 1 aromatic carbocycles. The summed E-state index contributed by atoms with van der Waals surface area (Å²) < 4.78 is 0. The first-order valence-electron chi connectivity index (χ1n) is 10.8. The number of hydrogen-bond donors (Lipinski definition) is 9. The summed E-state index contributed by atoms with van der Waals surface area (Å²) in [5.74, 6) is -3.52. The minimum Gasteiger partial charge on any atom is -0.480 e. The summed E-state index contributed by atoms with van der Waals surface area (Å²) in [6.45, 7) is 0.199. The molecule has 0 heterocycles. The molecule has 0 bridgehead atoms. The molecular formula is C21H33N7O5S2. The molecule has 0 aliphatic carbocycles. The highest BCUT2D eigenvalue weighted by Gasteiger charge is 2.29. The van der Waals surface area contributed by atoms with Crippen molar-refractivity contribution < 1.29 is 24.3 Å². The number of aliphatic carboxylic acids is 1. The molecule has 0 saturated heterocycles. The predicted molar refractivity (Wildman–Crippen MR) is 139 cm³/mol. The van der Waals surface area contributed by atoms with Crippen LogP contribution in [0.2, 0.25) is 0 Å². The number of aliphatic imine (C=N–C) groups is 1. The van der Waals surface area contributed by atoms with Crippen LogP contribution in [0.5, 0.6) is 0 Å². The highest BCUT2D eigenvalue weighted by molar-refractivity contribution is 7.80. The molecule has 0 fully saturated rings. The first-order chi connectivity index (χ1) is 16.6. The van der Waals surface area contributed by atoms with Crippen LogP contribution in [0, 0.1) is 0 Å². The van der Waals surface area contributed by atoms with Gasteiger partial charge in [0.2, 0.25) is 17.7 Å². The molecule has 10 N–H and O–H groups in total. The number of rotatable bonds is 15. The smallest absolute Gasteiger partial charge is 0.326 e. The van der Waals surface area contributed by atoms with Crippen LogP contribution in [-0.2, 0) is 25.6 Å². The van der Waals surface area contributed by atoms with Gasteiger partial charge in [0.15, 0.2) is 5.96 Å². The molecule has 0 radical (unpaired) electrons. The Balaban J connectivity index is 2.68. The Morgan fingerprint density at radius 3 is 1.89 bits per heavy atom. The standard InChI is InChI=1S/C21H33N7O5S2/c22-13(9-12-5-2-1-3-6-12)17(29)27-15(10-34)19(31)28-16(11-35)18(30)26-14(20(32)33)7-4-8-25-21(23)24/h1-3,5-6,13-16,34-35H,4,7-11,22H2,(H,26,30)(H,27,29)(H,28,31)(H,32,33)(H4,23,24,25). The Labute approximate surface area is 214 Å². The van der Waals surface area contributed by atoms with E-state index < -0.39 is 47.9 Å². The molecule has 0 aromatic heterocycles. The van der Waals surface area contributed by atoms with Crippen LogP contribution >= 0.6 is 25.3 Å². The van der Waals surface area contributed by atoms with E-state index in [1.807, 2.05) is 30.3 Å². The minimum atomic E-state index is -1.25. The van der Waals surface area contributed by atoms with Crippen molar-refractivity contribution in [2.24, 2.45) is 22.2 Å². The zero-order valence-corrected chi connectivity index (χ0v) is 20.9. The average Bonchev–Trinajstić information content (AvgIpc) is 2.82. The monoisotopic (exact) mass is 527 g/mol. The van der Waals surface area contributed by atoms with Crippen LogP contribution in [0.25, 0.3) is 0 Å². The molecule has 1 aromatic rings. The van der Waals surface area contributed by atoms with E-state index in [9.17, 15) is 24.3 Å². The molecule has 3 amide bonds. The molecule has 0 spiro atoms. The van der Waals surface area contributed by atoms with Crippen LogP contribution in [-0.4, -0.2) is 77.0 Å². The van der Waals surface area contributed by atoms with E-state index in [0.717, 1.165) is 5.56 Å². The summed E-state index contributed by atoms with van der Waals surface area (Å²) in [7, 11) is 0. The molecule has 4 unspecified atom stereocenters. The van der Waals surface area contributed by atoms with Gasteiger partial charge in [0.1, 0.15) is 18.1 Å². The number of nitrogens with two attached hydrogens (primary N) is 3. The first kappa shape index (κ1) is 30.1. The van der Waals surface area contributed by atoms with Crippen molar-refractivity contribution >= 4 is 54.9 Å². The molecule has 194 valence electrons. The number of carboxylic acids is 1. The largest absolute Gasteiger partial charge is 0.480 e. The van der Waals surface area contributed by atoms with Crippen LogP contribution in [0.1, 0.15) is 18.4 Å². The average molecular weight is 528 g/mol. The second-order valence-corrected chi connectivity index (χ2v) is 8.36. The number of amides is 3. The quantitative estimate of drug-likeness (QED) is 0.0537. The predicted octanol–water partition coefficient (Wildman–Crippen LogP) is -1.99. The Morgan fingerprint density at radius 2 is 1.40 bits per heavy atom. The fourth-order valence-corrected chi connectivity index (χ4v) is 3.45. The van der Waals surface area contributed by atoms with E-state index in [4.69, 9.17) is 17.2 Å². The van der Waals surface area contributed by atoms with Crippen LogP contribution in [0.4, 0.5) is 0 Å². The van der Waals surface area contributed by atoms with E-state index in [2.05, 4.69) is 46.2 Å². The highest BCUT2D eigenvalue weighted by Crippen LogP contribution is 2.04. The fourth-order valence-electron chi connectivity index (χ4n) is 2.93. The normalized spacial score (nSPS) is 14.0. The van der Waals surface area contributed by atoms with Gasteiger partial charge in [-0.3, -0.25) is 19.4 Å². The number of hydrogen-bond acceptors (Lipinski definition) is 8. The summed E-state index contributed by atoms with van der Waals surface area (Å²) in [4.78, 5) is 53.0. The molecule has 4 atom stereocenters. The highest BCUT2D eigenvalue weighted by atomic mass is 32.1. The maximum atomic E-state index is 12.7. The van der Waals surface area contributed by atoms with Crippen LogP contribution in [0.15, 0.2) is 35.3 Å². The number of thiol groups is 2. The number of benzene rings is 1. The van der Waals surface area contributed by atoms with Crippen molar-refractivity contribution in [2.45, 2.75) is 43.4 Å². The van der Waals surface area contributed by atoms with E-state index in [1.165, 1.54) is 0 Å². The van der Waals surface area contributed by atoms with Crippen molar-refractivity contribution in [3.8, 4) is 0 Å². The van der Waals surface area contributed by atoms with Crippen molar-refractivity contribution in [1.29, 1.82) is 0 Å². The maximum Gasteiger partial charge on any atom is 0.326 e. The van der Waals surface area contributed by atoms with Crippen molar-refractivity contribution in [2.75, 3.05) is 18.1 Å². The van der Waals surface area contributed by atoms with Crippen molar-refractivity contribution in [3.05, 3.63) is 35.9 Å². The SMILES string of the molecule is NC(N)=NCCCC(NC(=O)C(CS)NC(=O)C(CS)NC(=O)C(N)Cc1ccccc1)C(=O)O. The molecular weight excluding hydrogens is 494 g/mol. The molecule has 0 saturated carbocycles. The topological polar surface area (TPSA) is 215 Å². The lowest BCUT2D eigenvalue weighted by atomic mass is 10.1. The van der Waals surface area contributed by atoms with Gasteiger partial charge >= 0.3 is 5.97 Å².